The second-order valence-corrected chi connectivity index (χ2v) is 8.09. The first-order valence-electron chi connectivity index (χ1n) is 8.89. The van der Waals surface area contributed by atoms with E-state index in [0.29, 0.717) is 6.54 Å². The lowest BCUT2D eigenvalue weighted by molar-refractivity contribution is -0.118. The van der Waals surface area contributed by atoms with E-state index in [2.05, 4.69) is 43.0 Å². The largest absolute Gasteiger partial charge is 0.396 e. The zero-order chi connectivity index (χ0) is 18.0. The van der Waals surface area contributed by atoms with Crippen LogP contribution < -0.4 is 5.32 Å². The highest BCUT2D eigenvalue weighted by Gasteiger charge is 2.32. The summed E-state index contributed by atoms with van der Waals surface area (Å²) in [5.74, 6) is 0.744. The van der Waals surface area contributed by atoms with Gasteiger partial charge in [-0.2, -0.15) is 5.10 Å². The number of amides is 1. The van der Waals surface area contributed by atoms with E-state index in [1.807, 2.05) is 17.7 Å². The van der Waals surface area contributed by atoms with E-state index in [0.717, 1.165) is 43.9 Å². The van der Waals surface area contributed by atoms with E-state index in [1.54, 1.807) is 0 Å². The van der Waals surface area contributed by atoms with E-state index in [4.69, 9.17) is 0 Å². The second-order valence-electron chi connectivity index (χ2n) is 8.09. The molecule has 0 spiro atoms. The summed E-state index contributed by atoms with van der Waals surface area (Å²) >= 11 is 0. The fourth-order valence-electron chi connectivity index (χ4n) is 3.29. The summed E-state index contributed by atoms with van der Waals surface area (Å²) in [5, 5.41) is 17.1. The maximum absolute atomic E-state index is 12.4. The van der Waals surface area contributed by atoms with E-state index < -0.39 is 0 Å². The molecule has 136 valence electrons. The summed E-state index contributed by atoms with van der Waals surface area (Å²) in [5.41, 5.74) is 0.771. The lowest BCUT2D eigenvalue weighted by atomic mass is 9.77. The lowest BCUT2D eigenvalue weighted by Crippen LogP contribution is -2.44. The molecule has 1 aromatic rings. The molecule has 6 heteroatoms. The fourth-order valence-corrected chi connectivity index (χ4v) is 3.29. The van der Waals surface area contributed by atoms with Crippen molar-refractivity contribution in [3.63, 3.8) is 0 Å². The summed E-state index contributed by atoms with van der Waals surface area (Å²) in [6, 6.07) is 1.91. The van der Waals surface area contributed by atoms with Crippen molar-refractivity contribution in [3.8, 4) is 0 Å². The first-order valence-corrected chi connectivity index (χ1v) is 8.89. The number of carbonyl (C=O) groups excluding carboxylic acids is 1. The van der Waals surface area contributed by atoms with Gasteiger partial charge in [-0.1, -0.05) is 6.92 Å². The van der Waals surface area contributed by atoms with Gasteiger partial charge in [0.15, 0.2) is 0 Å². The Labute approximate surface area is 145 Å². The predicted octanol–water partition coefficient (Wildman–Crippen LogP) is 2.37. The van der Waals surface area contributed by atoms with Crippen molar-refractivity contribution in [1.29, 1.82) is 0 Å². The number of aryl methyl sites for hydroxylation is 1. The molecule has 0 atom stereocenters. The molecule has 1 saturated heterocycles. The number of aliphatic hydroxyl groups is 1. The summed E-state index contributed by atoms with van der Waals surface area (Å²) in [7, 11) is 0. The Morgan fingerprint density at radius 2 is 2.00 bits per heavy atom. The molecule has 1 fully saturated rings. The summed E-state index contributed by atoms with van der Waals surface area (Å²) in [6.07, 6.45) is 2.90. The number of hydrogen-bond acceptors (Lipinski definition) is 4. The summed E-state index contributed by atoms with van der Waals surface area (Å²) < 4.78 is 1.87. The third-order valence-electron chi connectivity index (χ3n) is 5.10. The van der Waals surface area contributed by atoms with Gasteiger partial charge in [0.1, 0.15) is 5.82 Å². The quantitative estimate of drug-likeness (QED) is 0.866. The van der Waals surface area contributed by atoms with Crippen LogP contribution in [-0.2, 0) is 10.3 Å². The zero-order valence-corrected chi connectivity index (χ0v) is 15.7. The Morgan fingerprint density at radius 1 is 1.38 bits per heavy atom. The Balaban J connectivity index is 1.94. The van der Waals surface area contributed by atoms with Crippen LogP contribution in [0.15, 0.2) is 6.07 Å². The number of piperidine rings is 1. The average Bonchev–Trinajstić information content (AvgIpc) is 2.89. The maximum atomic E-state index is 12.4. The predicted molar refractivity (Wildman–Crippen MR) is 96.1 cm³/mol. The standard InChI is InChI=1S/C18H32N4O2/c1-6-18(13-23)7-9-21(10-8-18)12-16(24)19-15-11-14(2)20-22(15)17(3,4)5/h11,23H,6-10,12-13H2,1-5H3,(H,19,24). The number of anilines is 1. The molecule has 0 aliphatic carbocycles. The number of nitrogens with one attached hydrogen (secondary N) is 1. The van der Waals surface area contributed by atoms with Gasteiger partial charge in [-0.3, -0.25) is 9.69 Å². The van der Waals surface area contributed by atoms with Crippen LogP contribution in [-0.4, -0.2) is 51.9 Å². The second kappa shape index (κ2) is 7.23. The molecule has 0 bridgehead atoms. The van der Waals surface area contributed by atoms with Crippen LogP contribution >= 0.6 is 0 Å². The van der Waals surface area contributed by atoms with E-state index in [9.17, 15) is 9.90 Å². The molecule has 1 aliphatic rings. The molecular formula is C18H32N4O2. The molecule has 1 aliphatic heterocycles. The van der Waals surface area contributed by atoms with Gasteiger partial charge in [-0.15, -0.1) is 0 Å². The van der Waals surface area contributed by atoms with Crippen LogP contribution in [0.1, 0.15) is 52.7 Å². The van der Waals surface area contributed by atoms with Gasteiger partial charge in [-0.05, 0) is 65.5 Å². The van der Waals surface area contributed by atoms with Crippen molar-refractivity contribution in [1.82, 2.24) is 14.7 Å². The third-order valence-corrected chi connectivity index (χ3v) is 5.10. The Hall–Kier alpha value is -1.40. The topological polar surface area (TPSA) is 70.4 Å². The Morgan fingerprint density at radius 3 is 2.50 bits per heavy atom. The average molecular weight is 336 g/mol. The summed E-state index contributed by atoms with van der Waals surface area (Å²) in [6.45, 7) is 12.6. The number of nitrogens with zero attached hydrogens (tertiary/aromatic N) is 3. The van der Waals surface area contributed by atoms with Crippen LogP contribution in [0.25, 0.3) is 0 Å². The SMILES string of the molecule is CCC1(CO)CCN(CC(=O)Nc2cc(C)nn2C(C)(C)C)CC1. The molecule has 1 aromatic heterocycles. The smallest absolute Gasteiger partial charge is 0.239 e. The van der Waals surface area contributed by atoms with Crippen molar-refractivity contribution in [2.24, 2.45) is 5.41 Å². The lowest BCUT2D eigenvalue weighted by Gasteiger charge is -2.39. The van der Waals surface area contributed by atoms with Crippen LogP contribution in [0.5, 0.6) is 0 Å². The minimum atomic E-state index is -0.177. The first-order chi connectivity index (χ1) is 11.2. The van der Waals surface area contributed by atoms with Crippen molar-refractivity contribution >= 4 is 11.7 Å². The van der Waals surface area contributed by atoms with Gasteiger partial charge in [0, 0.05) is 12.7 Å². The third kappa shape index (κ3) is 4.36. The van der Waals surface area contributed by atoms with Gasteiger partial charge >= 0.3 is 0 Å². The molecule has 0 aromatic carbocycles. The van der Waals surface area contributed by atoms with Crippen LogP contribution in [0.2, 0.25) is 0 Å². The molecular weight excluding hydrogens is 304 g/mol. The van der Waals surface area contributed by atoms with E-state index in [1.165, 1.54) is 0 Å². The molecule has 0 unspecified atom stereocenters. The molecule has 0 saturated carbocycles. The number of hydrogen-bond donors (Lipinski definition) is 2. The van der Waals surface area contributed by atoms with Crippen LogP contribution in [0.3, 0.4) is 0 Å². The highest BCUT2D eigenvalue weighted by molar-refractivity contribution is 5.91. The zero-order valence-electron chi connectivity index (χ0n) is 15.7. The molecule has 2 heterocycles. The van der Waals surface area contributed by atoms with E-state index >= 15 is 0 Å². The molecule has 2 N–H and O–H groups in total. The van der Waals surface area contributed by atoms with Crippen molar-refractivity contribution in [2.75, 3.05) is 31.6 Å². The van der Waals surface area contributed by atoms with Crippen LogP contribution in [0.4, 0.5) is 5.82 Å². The Bertz CT molecular complexity index is 560. The molecule has 1 amide bonds. The van der Waals surface area contributed by atoms with E-state index in [-0.39, 0.29) is 23.5 Å². The van der Waals surface area contributed by atoms with Crippen molar-refractivity contribution in [3.05, 3.63) is 11.8 Å². The highest BCUT2D eigenvalue weighted by Crippen LogP contribution is 2.34. The highest BCUT2D eigenvalue weighted by atomic mass is 16.3. The van der Waals surface area contributed by atoms with Gasteiger partial charge in [-0.25, -0.2) is 4.68 Å². The van der Waals surface area contributed by atoms with Gasteiger partial charge in [0.05, 0.1) is 17.8 Å². The minimum Gasteiger partial charge on any atom is -0.396 e. The normalized spacial score (nSPS) is 18.6. The summed E-state index contributed by atoms with van der Waals surface area (Å²) in [4.78, 5) is 14.6. The van der Waals surface area contributed by atoms with Gasteiger partial charge < -0.3 is 10.4 Å². The van der Waals surface area contributed by atoms with Gasteiger partial charge in [0.25, 0.3) is 0 Å². The molecule has 6 nitrogen and oxygen atoms in total. The van der Waals surface area contributed by atoms with Crippen molar-refractivity contribution < 1.29 is 9.90 Å². The maximum Gasteiger partial charge on any atom is 0.239 e. The molecule has 0 radical (unpaired) electrons. The van der Waals surface area contributed by atoms with Gasteiger partial charge in [0.2, 0.25) is 5.91 Å². The monoisotopic (exact) mass is 336 g/mol. The first kappa shape index (κ1) is 18.9. The molecule has 2 rings (SSSR count). The number of rotatable bonds is 5. The van der Waals surface area contributed by atoms with Crippen LogP contribution in [0, 0.1) is 12.3 Å². The number of likely N-dealkylation sites (tertiary alicyclic amines) is 1. The number of aliphatic hydroxyl groups excluding tert-OH is 1. The minimum absolute atomic E-state index is 0.00611. The van der Waals surface area contributed by atoms with Crippen molar-refractivity contribution in [2.45, 2.75) is 59.4 Å². The number of aromatic nitrogens is 2. The molecule has 24 heavy (non-hydrogen) atoms. The number of carbonyl (C=O) groups is 1. The Kier molecular flexibility index (Phi) is 5.71. The fraction of sp³-hybridized carbons (Fsp3) is 0.778.